The first-order chi connectivity index (χ1) is 10.6. The van der Waals surface area contributed by atoms with Crippen LogP contribution >= 0.6 is 19.1 Å². The SMILES string of the molecule is CC(C)(C)c1cc(C(C)(C)C)c[c]([Pd-3]([Cl])([Cl])([C](C)(C)C)[C](C)(C)C)c1. The zero-order chi connectivity index (χ0) is 20.3. The normalized spacial score (nSPS) is 16.5. The summed E-state index contributed by atoms with van der Waals surface area (Å²) in [5, 5.41) is 0. The minimum absolute atomic E-state index is 0.0505. The fraction of sp³-hybridized carbons (Fsp3) is 0.727. The summed E-state index contributed by atoms with van der Waals surface area (Å²) in [6.45, 7) is 26.8. The van der Waals surface area contributed by atoms with Crippen LogP contribution < -0.4 is 4.04 Å². The summed E-state index contributed by atoms with van der Waals surface area (Å²) in [6.07, 6.45) is 0. The van der Waals surface area contributed by atoms with E-state index < -0.39 is 12.3 Å². The molecule has 0 bridgehead atoms. The third kappa shape index (κ3) is 3.87. The summed E-state index contributed by atoms with van der Waals surface area (Å²) in [7, 11) is 15.3. The Hall–Kier alpha value is 0.462. The van der Waals surface area contributed by atoms with E-state index >= 15 is 0 Å². The topological polar surface area (TPSA) is 0 Å². The molecule has 0 atom stereocenters. The molecule has 1 aromatic carbocycles. The molecular formula is C22H39Cl2Pd-3. The molecule has 0 saturated carbocycles. The molecular weight excluding hydrogens is 442 g/mol. The van der Waals surface area contributed by atoms with Crippen LogP contribution in [0.4, 0.5) is 0 Å². The first kappa shape index (κ1) is 23.5. The molecule has 3 heteroatoms. The van der Waals surface area contributed by atoms with Crippen molar-refractivity contribution in [3.63, 3.8) is 0 Å². The van der Waals surface area contributed by atoms with Crippen LogP contribution in [-0.2, 0) is 23.1 Å². The number of halogens is 2. The molecule has 0 radical (unpaired) electrons. The molecule has 154 valence electrons. The monoisotopic (exact) mass is 479 g/mol. The van der Waals surface area contributed by atoms with Gasteiger partial charge >= 0.3 is 166 Å². The molecule has 1 rings (SSSR count). The molecule has 0 N–H and O–H groups in total. The molecule has 0 spiro atoms. The minimum atomic E-state index is -3.75. The Bertz CT molecular complexity index is 594. The van der Waals surface area contributed by atoms with Crippen LogP contribution in [0, 0.1) is 0 Å². The van der Waals surface area contributed by atoms with E-state index in [1.54, 1.807) is 0 Å². The van der Waals surface area contributed by atoms with Gasteiger partial charge in [0.05, 0.1) is 0 Å². The second-order valence-electron chi connectivity index (χ2n) is 10.8. The van der Waals surface area contributed by atoms with E-state index in [1.165, 1.54) is 11.1 Å². The molecule has 0 saturated heterocycles. The van der Waals surface area contributed by atoms with E-state index in [0.717, 1.165) is 4.04 Å². The fourth-order valence-electron chi connectivity index (χ4n) is 2.86. The first-order valence-electron chi connectivity index (χ1n) is 8.95. The van der Waals surface area contributed by atoms with Crippen molar-refractivity contribution in [2.24, 2.45) is 0 Å². The van der Waals surface area contributed by atoms with Crippen molar-refractivity contribution >= 4 is 23.1 Å². The Labute approximate surface area is 165 Å². The standard InChI is InChI=1S/C14H21.2C4H9.2ClH.Pd/c1-13(2,3)11-8-7-9-12(10-11)14(4,5)6;2*1-4(2)3;;;/h8-10H,1-6H3;2*1-3H3;2*1H;/q;;;;;-1/p-2. The van der Waals surface area contributed by atoms with Gasteiger partial charge in [-0.15, -0.1) is 0 Å². The zero-order valence-electron chi connectivity index (χ0n) is 18.3. The molecule has 0 aliphatic heterocycles. The summed E-state index contributed by atoms with van der Waals surface area (Å²) in [6, 6.07) is 6.93. The van der Waals surface area contributed by atoms with Crippen molar-refractivity contribution in [1.29, 1.82) is 0 Å². The predicted octanol–water partition coefficient (Wildman–Crippen LogP) is 8.34. The number of hydrogen-bond donors (Lipinski definition) is 0. The second kappa shape index (κ2) is 6.24. The zero-order valence-corrected chi connectivity index (χ0v) is 21.4. The molecule has 0 unspecified atom stereocenters. The Morgan fingerprint density at radius 2 is 0.840 bits per heavy atom. The van der Waals surface area contributed by atoms with Gasteiger partial charge in [0, 0.05) is 0 Å². The van der Waals surface area contributed by atoms with E-state index in [9.17, 15) is 0 Å². The Balaban J connectivity index is 4.04. The van der Waals surface area contributed by atoms with Crippen LogP contribution in [0.1, 0.15) is 94.2 Å². The summed E-state index contributed by atoms with van der Waals surface area (Å²) in [5.74, 6) is 0. The average molecular weight is 481 g/mol. The van der Waals surface area contributed by atoms with Gasteiger partial charge in [-0.3, -0.25) is 0 Å². The molecule has 25 heavy (non-hydrogen) atoms. The van der Waals surface area contributed by atoms with Gasteiger partial charge in [0.15, 0.2) is 0 Å². The maximum atomic E-state index is 7.64. The van der Waals surface area contributed by atoms with E-state index in [0.29, 0.717) is 0 Å². The summed E-state index contributed by atoms with van der Waals surface area (Å²) in [4.78, 5) is 0. The van der Waals surface area contributed by atoms with Crippen LogP contribution in [0.3, 0.4) is 0 Å². The van der Waals surface area contributed by atoms with Gasteiger partial charge in [-0.25, -0.2) is 0 Å². The van der Waals surface area contributed by atoms with Crippen LogP contribution in [0.15, 0.2) is 18.2 Å². The van der Waals surface area contributed by atoms with Crippen molar-refractivity contribution in [2.45, 2.75) is 102 Å². The first-order valence-corrected chi connectivity index (χ1v) is 15.3. The van der Waals surface area contributed by atoms with E-state index in [1.807, 2.05) is 0 Å². The molecule has 1 aromatic rings. The van der Waals surface area contributed by atoms with Gasteiger partial charge in [-0.05, 0) is 0 Å². The number of benzene rings is 1. The summed E-state index contributed by atoms with van der Waals surface area (Å²) in [5.41, 5.74) is 2.73. The van der Waals surface area contributed by atoms with Crippen molar-refractivity contribution in [3.05, 3.63) is 29.3 Å². The van der Waals surface area contributed by atoms with Crippen molar-refractivity contribution in [1.82, 2.24) is 0 Å². The molecule has 0 amide bonds. The quantitative estimate of drug-likeness (QED) is 0.354. The molecule has 0 aliphatic carbocycles. The van der Waals surface area contributed by atoms with Crippen molar-refractivity contribution < 1.29 is 12.3 Å². The molecule has 0 aromatic heterocycles. The molecule has 0 nitrogen and oxygen atoms in total. The third-order valence-corrected chi connectivity index (χ3v) is 24.9. The molecule has 0 fully saturated rings. The maximum absolute atomic E-state index is 7.64. The predicted molar refractivity (Wildman–Crippen MR) is 115 cm³/mol. The second-order valence-corrected chi connectivity index (χ2v) is 25.9. The van der Waals surface area contributed by atoms with Crippen molar-refractivity contribution in [2.75, 3.05) is 0 Å². The molecule has 0 aliphatic rings. The number of hydrogen-bond acceptors (Lipinski definition) is 0. The summed E-state index contributed by atoms with van der Waals surface area (Å²) < 4.78 is 0.777. The summed E-state index contributed by atoms with van der Waals surface area (Å²) >= 11 is -3.75. The Morgan fingerprint density at radius 1 is 0.560 bits per heavy atom. The van der Waals surface area contributed by atoms with Gasteiger partial charge in [-0.2, -0.15) is 0 Å². The van der Waals surface area contributed by atoms with Crippen LogP contribution in [0.5, 0.6) is 0 Å². The van der Waals surface area contributed by atoms with Crippen LogP contribution in [0.2, 0.25) is 7.78 Å². The van der Waals surface area contributed by atoms with Gasteiger partial charge in [-0.1, -0.05) is 0 Å². The van der Waals surface area contributed by atoms with E-state index in [2.05, 4.69) is 101 Å². The number of rotatable bonds is 1. The average Bonchev–Trinajstić information content (AvgIpc) is 2.33. The molecule has 0 heterocycles. The van der Waals surface area contributed by atoms with Crippen molar-refractivity contribution in [3.8, 4) is 0 Å². The van der Waals surface area contributed by atoms with E-state index in [4.69, 9.17) is 19.1 Å². The van der Waals surface area contributed by atoms with E-state index in [-0.39, 0.29) is 18.6 Å². The Kier molecular flexibility index (Phi) is 5.86. The van der Waals surface area contributed by atoms with Crippen LogP contribution in [0.25, 0.3) is 0 Å². The Morgan fingerprint density at radius 3 is 1.04 bits per heavy atom. The third-order valence-electron chi connectivity index (χ3n) is 4.60. The van der Waals surface area contributed by atoms with Gasteiger partial charge in [0.1, 0.15) is 0 Å². The van der Waals surface area contributed by atoms with Gasteiger partial charge < -0.3 is 0 Å². The van der Waals surface area contributed by atoms with Crippen LogP contribution in [-0.4, -0.2) is 0 Å². The van der Waals surface area contributed by atoms with Gasteiger partial charge in [0.2, 0.25) is 0 Å². The fourth-order valence-corrected chi connectivity index (χ4v) is 11.1. The van der Waals surface area contributed by atoms with Gasteiger partial charge in [0.25, 0.3) is 0 Å².